The Kier molecular flexibility index (Phi) is 4.38. The van der Waals surface area contributed by atoms with Gasteiger partial charge in [-0.25, -0.2) is 0 Å². The first-order valence-corrected chi connectivity index (χ1v) is 6.81. The molecule has 2 unspecified atom stereocenters. The fourth-order valence-corrected chi connectivity index (χ4v) is 3.01. The van der Waals surface area contributed by atoms with Crippen molar-refractivity contribution >= 4 is 46.4 Å². The predicted octanol–water partition coefficient (Wildman–Crippen LogP) is 3.58. The lowest BCUT2D eigenvalue weighted by atomic mass is 10.0. The molecular weight excluding hydrogens is 295 g/mol. The first kappa shape index (κ1) is 13.9. The van der Waals surface area contributed by atoms with Crippen molar-refractivity contribution in [2.75, 3.05) is 11.9 Å². The summed E-state index contributed by atoms with van der Waals surface area (Å²) in [5.74, 6) is -0.133. The van der Waals surface area contributed by atoms with Gasteiger partial charge in [0.15, 0.2) is 0 Å². The van der Waals surface area contributed by atoms with Crippen LogP contribution in [0.2, 0.25) is 15.1 Å². The highest BCUT2D eigenvalue weighted by Gasteiger charge is 2.30. The van der Waals surface area contributed by atoms with Crippen molar-refractivity contribution in [3.8, 4) is 0 Å². The van der Waals surface area contributed by atoms with Crippen molar-refractivity contribution in [1.29, 1.82) is 0 Å². The van der Waals surface area contributed by atoms with Crippen LogP contribution in [0.15, 0.2) is 12.1 Å². The van der Waals surface area contributed by atoms with Gasteiger partial charge in [-0.2, -0.15) is 0 Å². The fraction of sp³-hybridized carbons (Fsp3) is 0.417. The Bertz CT molecular complexity index is 455. The van der Waals surface area contributed by atoms with E-state index in [0.29, 0.717) is 20.8 Å². The van der Waals surface area contributed by atoms with Gasteiger partial charge >= 0.3 is 0 Å². The average Bonchev–Trinajstić information content (AvgIpc) is 2.69. The molecule has 0 aliphatic carbocycles. The maximum atomic E-state index is 12.1. The fourth-order valence-electron chi connectivity index (χ4n) is 2.09. The number of halogens is 3. The summed E-state index contributed by atoms with van der Waals surface area (Å²) in [7, 11) is 0. The molecule has 1 saturated heterocycles. The molecule has 1 aliphatic rings. The van der Waals surface area contributed by atoms with Crippen molar-refractivity contribution in [2.24, 2.45) is 5.92 Å². The molecule has 1 aromatic carbocycles. The van der Waals surface area contributed by atoms with E-state index in [9.17, 15) is 4.79 Å². The molecule has 6 heteroatoms. The van der Waals surface area contributed by atoms with E-state index in [0.717, 1.165) is 13.0 Å². The third kappa shape index (κ3) is 2.91. The standard InChI is InChI=1S/C12H13Cl3N2O/c1-6-8(2-3-16-6)12(18)17-11-9(14)4-7(13)5-10(11)15/h4-6,8,16H,2-3H2,1H3,(H,17,18). The number of anilines is 1. The molecule has 0 spiro atoms. The molecule has 1 aromatic rings. The van der Waals surface area contributed by atoms with Crippen LogP contribution < -0.4 is 10.6 Å². The van der Waals surface area contributed by atoms with Crippen LogP contribution >= 0.6 is 34.8 Å². The Labute approximate surface area is 121 Å². The van der Waals surface area contributed by atoms with Gasteiger partial charge < -0.3 is 10.6 Å². The van der Waals surface area contributed by atoms with E-state index in [1.165, 1.54) is 0 Å². The number of carbonyl (C=O) groups is 1. The van der Waals surface area contributed by atoms with Gasteiger partial charge in [0.25, 0.3) is 0 Å². The molecule has 1 heterocycles. The summed E-state index contributed by atoms with van der Waals surface area (Å²) in [5, 5.41) is 7.14. The number of nitrogens with one attached hydrogen (secondary N) is 2. The zero-order valence-corrected chi connectivity index (χ0v) is 12.0. The minimum Gasteiger partial charge on any atom is -0.323 e. The van der Waals surface area contributed by atoms with E-state index in [2.05, 4.69) is 10.6 Å². The summed E-state index contributed by atoms with van der Waals surface area (Å²) in [5.41, 5.74) is 0.423. The van der Waals surface area contributed by atoms with Crippen molar-refractivity contribution in [3.05, 3.63) is 27.2 Å². The van der Waals surface area contributed by atoms with Gasteiger partial charge in [0.2, 0.25) is 5.91 Å². The lowest BCUT2D eigenvalue weighted by Crippen LogP contribution is -2.32. The molecule has 0 saturated carbocycles. The molecule has 2 atom stereocenters. The van der Waals surface area contributed by atoms with Crippen LogP contribution in [0.3, 0.4) is 0 Å². The molecule has 0 radical (unpaired) electrons. The summed E-state index contributed by atoms with van der Waals surface area (Å²) in [6, 6.07) is 3.27. The Balaban J connectivity index is 2.17. The minimum absolute atomic E-state index is 0.0622. The van der Waals surface area contributed by atoms with Crippen LogP contribution in [-0.4, -0.2) is 18.5 Å². The summed E-state index contributed by atoms with van der Waals surface area (Å²) < 4.78 is 0. The van der Waals surface area contributed by atoms with E-state index in [1.807, 2.05) is 6.92 Å². The molecular formula is C12H13Cl3N2O. The molecule has 98 valence electrons. The van der Waals surface area contributed by atoms with Crippen molar-refractivity contribution in [1.82, 2.24) is 5.32 Å². The Morgan fingerprint density at radius 1 is 1.33 bits per heavy atom. The lowest BCUT2D eigenvalue weighted by Gasteiger charge is -2.16. The van der Waals surface area contributed by atoms with Gasteiger partial charge in [-0.1, -0.05) is 34.8 Å². The molecule has 1 amide bonds. The number of hydrogen-bond donors (Lipinski definition) is 2. The van der Waals surface area contributed by atoms with Gasteiger partial charge in [0.05, 0.1) is 21.7 Å². The molecule has 2 rings (SSSR count). The molecule has 3 nitrogen and oxygen atoms in total. The average molecular weight is 308 g/mol. The summed E-state index contributed by atoms with van der Waals surface area (Å²) in [6.07, 6.45) is 0.815. The lowest BCUT2D eigenvalue weighted by molar-refractivity contribution is -0.119. The Morgan fingerprint density at radius 2 is 1.94 bits per heavy atom. The van der Waals surface area contributed by atoms with Crippen molar-refractivity contribution in [2.45, 2.75) is 19.4 Å². The second kappa shape index (κ2) is 5.66. The normalized spacial score (nSPS) is 23.1. The molecule has 0 aromatic heterocycles. The third-order valence-corrected chi connectivity index (χ3v) is 3.93. The van der Waals surface area contributed by atoms with E-state index < -0.39 is 0 Å². The first-order chi connectivity index (χ1) is 8.49. The van der Waals surface area contributed by atoms with Gasteiger partial charge in [-0.05, 0) is 32.0 Å². The highest BCUT2D eigenvalue weighted by atomic mass is 35.5. The zero-order valence-electron chi connectivity index (χ0n) is 9.77. The van der Waals surface area contributed by atoms with Crippen LogP contribution in [0.5, 0.6) is 0 Å². The molecule has 18 heavy (non-hydrogen) atoms. The number of amides is 1. The third-order valence-electron chi connectivity index (χ3n) is 3.12. The smallest absolute Gasteiger partial charge is 0.229 e. The maximum Gasteiger partial charge on any atom is 0.229 e. The number of hydrogen-bond acceptors (Lipinski definition) is 2. The van der Waals surface area contributed by atoms with E-state index >= 15 is 0 Å². The number of benzene rings is 1. The molecule has 1 fully saturated rings. The van der Waals surface area contributed by atoms with Gasteiger partial charge in [-0.15, -0.1) is 0 Å². The second-order valence-corrected chi connectivity index (χ2v) is 5.62. The van der Waals surface area contributed by atoms with Crippen LogP contribution in [0.25, 0.3) is 0 Å². The van der Waals surface area contributed by atoms with Crippen LogP contribution in [0.4, 0.5) is 5.69 Å². The topological polar surface area (TPSA) is 41.1 Å². The van der Waals surface area contributed by atoms with Crippen LogP contribution in [-0.2, 0) is 4.79 Å². The van der Waals surface area contributed by atoms with Gasteiger partial charge in [-0.3, -0.25) is 4.79 Å². The zero-order chi connectivity index (χ0) is 13.3. The molecule has 1 aliphatic heterocycles. The van der Waals surface area contributed by atoms with Crippen molar-refractivity contribution in [3.63, 3.8) is 0 Å². The van der Waals surface area contributed by atoms with E-state index in [-0.39, 0.29) is 17.9 Å². The number of rotatable bonds is 2. The van der Waals surface area contributed by atoms with E-state index in [1.54, 1.807) is 12.1 Å². The summed E-state index contributed by atoms with van der Waals surface area (Å²) in [6.45, 7) is 2.84. The largest absolute Gasteiger partial charge is 0.323 e. The van der Waals surface area contributed by atoms with Gasteiger partial charge in [0, 0.05) is 11.1 Å². The molecule has 0 bridgehead atoms. The second-order valence-electron chi connectivity index (χ2n) is 4.37. The number of carbonyl (C=O) groups excluding carboxylic acids is 1. The first-order valence-electron chi connectivity index (χ1n) is 5.68. The van der Waals surface area contributed by atoms with Crippen LogP contribution in [0.1, 0.15) is 13.3 Å². The van der Waals surface area contributed by atoms with E-state index in [4.69, 9.17) is 34.8 Å². The quantitative estimate of drug-likeness (QED) is 0.877. The van der Waals surface area contributed by atoms with Gasteiger partial charge in [0.1, 0.15) is 0 Å². The Hall–Kier alpha value is -0.480. The summed E-state index contributed by atoms with van der Waals surface area (Å²) >= 11 is 17.9. The Morgan fingerprint density at radius 3 is 2.44 bits per heavy atom. The maximum absolute atomic E-state index is 12.1. The monoisotopic (exact) mass is 306 g/mol. The highest BCUT2D eigenvalue weighted by molar-refractivity contribution is 6.42. The molecule has 2 N–H and O–H groups in total. The SMILES string of the molecule is CC1NCCC1C(=O)Nc1c(Cl)cc(Cl)cc1Cl. The summed E-state index contributed by atoms with van der Waals surface area (Å²) in [4.78, 5) is 12.1. The predicted molar refractivity (Wildman–Crippen MR) is 75.7 cm³/mol. The van der Waals surface area contributed by atoms with Crippen LogP contribution in [0, 0.1) is 5.92 Å². The highest BCUT2D eigenvalue weighted by Crippen LogP contribution is 2.34. The minimum atomic E-state index is -0.0707. The van der Waals surface area contributed by atoms with Crippen molar-refractivity contribution < 1.29 is 4.79 Å².